The van der Waals surface area contributed by atoms with Crippen molar-refractivity contribution in [2.75, 3.05) is 19.6 Å². The maximum Gasteiger partial charge on any atom is 0.246 e. The van der Waals surface area contributed by atoms with Gasteiger partial charge in [0.1, 0.15) is 12.1 Å². The van der Waals surface area contributed by atoms with E-state index in [0.717, 1.165) is 4.88 Å². The first kappa shape index (κ1) is 17.9. The fourth-order valence-electron chi connectivity index (χ4n) is 3.36. The van der Waals surface area contributed by atoms with Crippen LogP contribution in [-0.2, 0) is 20.8 Å². The first-order chi connectivity index (χ1) is 11.7. The van der Waals surface area contributed by atoms with Gasteiger partial charge in [-0.25, -0.2) is 0 Å². The van der Waals surface area contributed by atoms with E-state index in [1.165, 1.54) is 0 Å². The van der Waals surface area contributed by atoms with Gasteiger partial charge < -0.3 is 15.1 Å². The first-order valence-corrected chi connectivity index (χ1v) is 9.53. The molecule has 0 unspecified atom stereocenters. The summed E-state index contributed by atoms with van der Waals surface area (Å²) in [4.78, 5) is 42.2. The summed E-state index contributed by atoms with van der Waals surface area (Å²) in [6, 6.07) is 2.85. The van der Waals surface area contributed by atoms with Gasteiger partial charge >= 0.3 is 0 Å². The Morgan fingerprint density at radius 2 is 2.08 bits per heavy atom. The number of carbonyl (C=O) groups is 3. The third-order valence-electron chi connectivity index (χ3n) is 4.60. The number of fused-ring (bicyclic) bond motifs is 1. The number of piperazine rings is 2. The Morgan fingerprint density at radius 1 is 1.32 bits per heavy atom. The summed E-state index contributed by atoms with van der Waals surface area (Å²) in [5, 5.41) is 4.82. The van der Waals surface area contributed by atoms with Crippen molar-refractivity contribution in [1.82, 2.24) is 15.1 Å². The molecule has 3 heterocycles. The largest absolute Gasteiger partial charge is 0.342 e. The van der Waals surface area contributed by atoms with E-state index in [1.54, 1.807) is 21.1 Å². The normalized spacial score (nSPS) is 24.1. The van der Waals surface area contributed by atoms with Crippen LogP contribution in [0.2, 0.25) is 0 Å². The molecule has 25 heavy (non-hydrogen) atoms. The van der Waals surface area contributed by atoms with Crippen LogP contribution >= 0.6 is 11.3 Å². The van der Waals surface area contributed by atoms with Gasteiger partial charge in [-0.05, 0) is 16.9 Å². The van der Waals surface area contributed by atoms with E-state index in [2.05, 4.69) is 5.32 Å². The first-order valence-electron chi connectivity index (χ1n) is 8.65. The van der Waals surface area contributed by atoms with E-state index < -0.39 is 12.1 Å². The second kappa shape index (κ2) is 6.78. The van der Waals surface area contributed by atoms with Crippen molar-refractivity contribution in [3.63, 3.8) is 0 Å². The van der Waals surface area contributed by atoms with Crippen LogP contribution in [0.3, 0.4) is 0 Å². The maximum atomic E-state index is 12.7. The molecule has 0 radical (unpaired) electrons. The lowest BCUT2D eigenvalue weighted by Crippen LogP contribution is -2.70. The average molecular weight is 363 g/mol. The van der Waals surface area contributed by atoms with Gasteiger partial charge in [0.2, 0.25) is 17.7 Å². The average Bonchev–Trinajstić information content (AvgIpc) is 3.03. The molecule has 1 aromatic rings. The Labute approximate surface area is 152 Å². The van der Waals surface area contributed by atoms with Gasteiger partial charge in [0.25, 0.3) is 0 Å². The number of rotatable bonds is 3. The molecule has 3 amide bonds. The molecule has 0 spiro atoms. The molecule has 0 aliphatic carbocycles. The van der Waals surface area contributed by atoms with Crippen molar-refractivity contribution in [1.29, 1.82) is 0 Å². The van der Waals surface area contributed by atoms with Crippen LogP contribution < -0.4 is 5.32 Å². The predicted octanol–water partition coefficient (Wildman–Crippen LogP) is 1.26. The molecule has 1 N–H and O–H groups in total. The van der Waals surface area contributed by atoms with Crippen molar-refractivity contribution < 1.29 is 14.4 Å². The second-order valence-electron chi connectivity index (χ2n) is 7.97. The Balaban J connectivity index is 1.66. The van der Waals surface area contributed by atoms with Gasteiger partial charge in [-0.15, -0.1) is 11.3 Å². The van der Waals surface area contributed by atoms with Gasteiger partial charge in [-0.3, -0.25) is 14.4 Å². The highest BCUT2D eigenvalue weighted by atomic mass is 32.1. The lowest BCUT2D eigenvalue weighted by molar-refractivity contribution is -0.156. The Hall–Kier alpha value is -1.89. The Bertz CT molecular complexity index is 666. The number of carbonyl (C=O) groups excluding carboxylic acids is 3. The quantitative estimate of drug-likeness (QED) is 0.879. The van der Waals surface area contributed by atoms with Gasteiger partial charge in [0.05, 0.1) is 6.54 Å². The van der Waals surface area contributed by atoms with E-state index in [1.807, 2.05) is 38.3 Å². The zero-order valence-electron chi connectivity index (χ0n) is 14.9. The number of hydrogen-bond donors (Lipinski definition) is 1. The molecule has 6 nitrogen and oxygen atoms in total. The molecule has 136 valence electrons. The molecule has 0 aromatic carbocycles. The van der Waals surface area contributed by atoms with E-state index in [9.17, 15) is 14.4 Å². The minimum Gasteiger partial charge on any atom is -0.342 e. The number of amides is 3. The minimum absolute atomic E-state index is 0.0408. The van der Waals surface area contributed by atoms with Crippen LogP contribution in [0.4, 0.5) is 0 Å². The number of nitrogens with zero attached hydrogens (tertiary/aromatic N) is 2. The van der Waals surface area contributed by atoms with E-state index in [4.69, 9.17) is 0 Å². The monoisotopic (exact) mass is 363 g/mol. The van der Waals surface area contributed by atoms with E-state index in [-0.39, 0.29) is 29.7 Å². The standard InChI is InChI=1S/C18H25N3O3S/c1-18(2,3)10-15(22)20-6-7-21-14(11-20)16(23)19-13(17(21)24)9-12-5-4-8-25-12/h4-5,8,13-14H,6-7,9-11H2,1-3H3,(H,19,23)/t13-,14+/m1/s1. The van der Waals surface area contributed by atoms with Crippen LogP contribution in [0.1, 0.15) is 32.1 Å². The van der Waals surface area contributed by atoms with Crippen molar-refractivity contribution >= 4 is 29.1 Å². The lowest BCUT2D eigenvalue weighted by Gasteiger charge is -2.45. The van der Waals surface area contributed by atoms with Crippen molar-refractivity contribution in [2.24, 2.45) is 5.41 Å². The highest BCUT2D eigenvalue weighted by Gasteiger charge is 2.44. The van der Waals surface area contributed by atoms with Crippen LogP contribution in [0.25, 0.3) is 0 Å². The number of hydrogen-bond acceptors (Lipinski definition) is 4. The number of thiophene rings is 1. The van der Waals surface area contributed by atoms with Gasteiger partial charge in [0, 0.05) is 30.8 Å². The molecule has 3 rings (SSSR count). The molecular formula is C18H25N3O3S. The molecule has 1 aromatic heterocycles. The van der Waals surface area contributed by atoms with Gasteiger partial charge in [0.15, 0.2) is 0 Å². The smallest absolute Gasteiger partial charge is 0.246 e. The van der Waals surface area contributed by atoms with Crippen LogP contribution in [0.15, 0.2) is 17.5 Å². The Kier molecular flexibility index (Phi) is 4.86. The molecule has 2 aliphatic heterocycles. The summed E-state index contributed by atoms with van der Waals surface area (Å²) in [5.41, 5.74) is -0.0926. The van der Waals surface area contributed by atoms with Gasteiger partial charge in [-0.1, -0.05) is 26.8 Å². The Morgan fingerprint density at radius 3 is 2.72 bits per heavy atom. The summed E-state index contributed by atoms with van der Waals surface area (Å²) < 4.78 is 0. The molecule has 2 atom stereocenters. The van der Waals surface area contributed by atoms with Crippen LogP contribution in [0.5, 0.6) is 0 Å². The molecule has 2 fully saturated rings. The predicted molar refractivity (Wildman–Crippen MR) is 96.1 cm³/mol. The lowest BCUT2D eigenvalue weighted by atomic mass is 9.91. The summed E-state index contributed by atoms with van der Waals surface area (Å²) in [5.74, 6) is -0.150. The fraction of sp³-hybridized carbons (Fsp3) is 0.611. The van der Waals surface area contributed by atoms with E-state index in [0.29, 0.717) is 25.9 Å². The van der Waals surface area contributed by atoms with Gasteiger partial charge in [-0.2, -0.15) is 0 Å². The highest BCUT2D eigenvalue weighted by molar-refractivity contribution is 7.09. The summed E-state index contributed by atoms with van der Waals surface area (Å²) >= 11 is 1.58. The SMILES string of the molecule is CC(C)(C)CC(=O)N1CCN2C(=O)[C@@H](Cc3cccs3)NC(=O)[C@@H]2C1. The third kappa shape index (κ3) is 4.03. The third-order valence-corrected chi connectivity index (χ3v) is 5.50. The van der Waals surface area contributed by atoms with Crippen molar-refractivity contribution in [2.45, 2.75) is 45.7 Å². The van der Waals surface area contributed by atoms with Crippen molar-refractivity contribution in [3.8, 4) is 0 Å². The molecule has 2 saturated heterocycles. The zero-order chi connectivity index (χ0) is 18.2. The minimum atomic E-state index is -0.565. The fourth-order valence-corrected chi connectivity index (χ4v) is 4.11. The molecule has 0 saturated carbocycles. The maximum absolute atomic E-state index is 12.7. The van der Waals surface area contributed by atoms with E-state index >= 15 is 0 Å². The zero-order valence-corrected chi connectivity index (χ0v) is 15.8. The molecule has 7 heteroatoms. The highest BCUT2D eigenvalue weighted by Crippen LogP contribution is 2.23. The van der Waals surface area contributed by atoms with Crippen molar-refractivity contribution in [3.05, 3.63) is 22.4 Å². The molecular weight excluding hydrogens is 338 g/mol. The number of nitrogens with one attached hydrogen (secondary N) is 1. The summed E-state index contributed by atoms with van der Waals surface area (Å²) in [7, 11) is 0. The molecule has 2 aliphatic rings. The summed E-state index contributed by atoms with van der Waals surface area (Å²) in [6.07, 6.45) is 0.967. The summed E-state index contributed by atoms with van der Waals surface area (Å²) in [6.45, 7) is 7.27. The van der Waals surface area contributed by atoms with Crippen LogP contribution in [-0.4, -0.2) is 59.2 Å². The second-order valence-corrected chi connectivity index (χ2v) is 9.00. The topological polar surface area (TPSA) is 69.7 Å². The molecule has 0 bridgehead atoms. The van der Waals surface area contributed by atoms with Crippen LogP contribution in [0, 0.1) is 5.41 Å².